The molecule has 3 aromatic rings. The largest absolute Gasteiger partial charge is 0.493 e. The van der Waals surface area contributed by atoms with Gasteiger partial charge in [-0.3, -0.25) is 4.79 Å². The van der Waals surface area contributed by atoms with Crippen LogP contribution in [0.1, 0.15) is 11.1 Å². The molecular weight excluding hydrogens is 571 g/mol. The van der Waals surface area contributed by atoms with Crippen molar-refractivity contribution < 1.29 is 14.3 Å². The van der Waals surface area contributed by atoms with E-state index in [1.165, 1.54) is 6.08 Å². The summed E-state index contributed by atoms with van der Waals surface area (Å²) in [6, 6.07) is 22.5. The average Bonchev–Trinajstić information content (AvgIpc) is 2.78. The van der Waals surface area contributed by atoms with Gasteiger partial charge in [0.05, 0.1) is 10.7 Å². The van der Waals surface area contributed by atoms with Gasteiger partial charge in [0.1, 0.15) is 18.2 Å². The maximum absolute atomic E-state index is 12.5. The standard InChI is InChI=1S/C24H18BrIN2O3/c1-30-22-13-17(12-21(26)23(22)31-15-16-5-3-2-4-6-16)11-18(14-27)24(29)28-20-9-7-19(25)8-10-20/h2-13H,15H2,1H3,(H,28,29)/b18-11-. The van der Waals surface area contributed by atoms with Crippen LogP contribution in [0.15, 0.2) is 76.8 Å². The molecule has 0 aliphatic heterocycles. The van der Waals surface area contributed by atoms with Gasteiger partial charge in [0.25, 0.3) is 5.91 Å². The summed E-state index contributed by atoms with van der Waals surface area (Å²) >= 11 is 5.50. The number of methoxy groups -OCH3 is 1. The number of benzene rings is 3. The Hall–Kier alpha value is -2.83. The SMILES string of the molecule is COc1cc(/C=C(/C#N)C(=O)Nc2ccc(Br)cc2)cc(I)c1OCc1ccccc1. The Morgan fingerprint density at radius 3 is 2.52 bits per heavy atom. The van der Waals surface area contributed by atoms with E-state index < -0.39 is 5.91 Å². The van der Waals surface area contributed by atoms with Crippen molar-refractivity contribution in [2.24, 2.45) is 0 Å². The first kappa shape index (κ1) is 22.8. The lowest BCUT2D eigenvalue weighted by atomic mass is 10.1. The highest BCUT2D eigenvalue weighted by Gasteiger charge is 2.14. The fourth-order valence-electron chi connectivity index (χ4n) is 2.74. The number of halogens is 2. The van der Waals surface area contributed by atoms with Crippen LogP contribution in [0.25, 0.3) is 6.08 Å². The summed E-state index contributed by atoms with van der Waals surface area (Å²) in [4.78, 5) is 12.5. The van der Waals surface area contributed by atoms with E-state index in [-0.39, 0.29) is 5.57 Å². The number of carbonyl (C=O) groups excluding carboxylic acids is 1. The summed E-state index contributed by atoms with van der Waals surface area (Å²) in [6.07, 6.45) is 1.53. The number of nitrogens with zero attached hydrogens (tertiary/aromatic N) is 1. The van der Waals surface area contributed by atoms with Gasteiger partial charge in [0, 0.05) is 10.2 Å². The number of hydrogen-bond donors (Lipinski definition) is 1. The van der Waals surface area contributed by atoms with Gasteiger partial charge in [-0.15, -0.1) is 0 Å². The van der Waals surface area contributed by atoms with Gasteiger partial charge in [-0.25, -0.2) is 0 Å². The van der Waals surface area contributed by atoms with E-state index in [0.717, 1.165) is 13.6 Å². The average molecular weight is 589 g/mol. The molecule has 1 amide bonds. The lowest BCUT2D eigenvalue weighted by Gasteiger charge is -2.14. The van der Waals surface area contributed by atoms with Crippen molar-refractivity contribution >= 4 is 56.2 Å². The van der Waals surface area contributed by atoms with Crippen molar-refractivity contribution in [1.82, 2.24) is 0 Å². The summed E-state index contributed by atoms with van der Waals surface area (Å²) in [6.45, 7) is 0.404. The molecule has 0 aliphatic rings. The molecule has 7 heteroatoms. The number of nitrogens with one attached hydrogen (secondary N) is 1. The van der Waals surface area contributed by atoms with E-state index in [9.17, 15) is 10.1 Å². The molecular formula is C24H18BrIN2O3. The van der Waals surface area contributed by atoms with Crippen LogP contribution >= 0.6 is 38.5 Å². The van der Waals surface area contributed by atoms with Gasteiger partial charge in [-0.2, -0.15) is 5.26 Å². The van der Waals surface area contributed by atoms with Crippen molar-refractivity contribution in [3.05, 3.63) is 91.5 Å². The summed E-state index contributed by atoms with van der Waals surface area (Å²) in [5.41, 5.74) is 2.29. The molecule has 0 aliphatic carbocycles. The number of nitriles is 1. The van der Waals surface area contributed by atoms with Crippen LogP contribution in [0.5, 0.6) is 11.5 Å². The molecule has 3 aromatic carbocycles. The summed E-state index contributed by atoms with van der Waals surface area (Å²) in [5, 5.41) is 12.2. The lowest BCUT2D eigenvalue weighted by Crippen LogP contribution is -2.13. The van der Waals surface area contributed by atoms with Gasteiger partial charge < -0.3 is 14.8 Å². The van der Waals surface area contributed by atoms with Crippen molar-refractivity contribution in [3.63, 3.8) is 0 Å². The molecule has 0 atom stereocenters. The molecule has 0 saturated carbocycles. The zero-order valence-corrected chi connectivity index (χ0v) is 20.3. The molecule has 0 fully saturated rings. The maximum atomic E-state index is 12.5. The predicted molar refractivity (Wildman–Crippen MR) is 133 cm³/mol. The summed E-state index contributed by atoms with van der Waals surface area (Å²) in [5.74, 6) is 0.657. The first-order chi connectivity index (χ1) is 15.0. The second kappa shape index (κ2) is 11.0. The number of rotatable bonds is 7. The van der Waals surface area contributed by atoms with Crippen molar-refractivity contribution in [3.8, 4) is 17.6 Å². The first-order valence-corrected chi connectivity index (χ1v) is 11.1. The summed E-state index contributed by atoms with van der Waals surface area (Å²) in [7, 11) is 1.56. The van der Waals surface area contributed by atoms with Gasteiger partial charge in [-0.1, -0.05) is 46.3 Å². The molecule has 0 unspecified atom stereocenters. The Bertz CT molecular complexity index is 1140. The molecule has 156 valence electrons. The molecule has 0 aromatic heterocycles. The van der Waals surface area contributed by atoms with Crippen LogP contribution in [0.3, 0.4) is 0 Å². The van der Waals surface area contributed by atoms with Crippen LogP contribution < -0.4 is 14.8 Å². The number of ether oxygens (including phenoxy) is 2. The first-order valence-electron chi connectivity index (χ1n) is 9.23. The molecule has 3 rings (SSSR count). The van der Waals surface area contributed by atoms with Gasteiger partial charge in [0.15, 0.2) is 11.5 Å². The Morgan fingerprint density at radius 1 is 1.16 bits per heavy atom. The highest BCUT2D eigenvalue weighted by molar-refractivity contribution is 14.1. The molecule has 0 bridgehead atoms. The minimum absolute atomic E-state index is 0.0151. The minimum atomic E-state index is -0.483. The molecule has 0 saturated heterocycles. The molecule has 5 nitrogen and oxygen atoms in total. The smallest absolute Gasteiger partial charge is 0.266 e. The quantitative estimate of drug-likeness (QED) is 0.203. The van der Waals surface area contributed by atoms with Crippen LogP contribution in [0.4, 0.5) is 5.69 Å². The number of carbonyl (C=O) groups is 1. The molecule has 31 heavy (non-hydrogen) atoms. The highest BCUT2D eigenvalue weighted by atomic mass is 127. The van der Waals surface area contributed by atoms with Gasteiger partial charge in [0.2, 0.25) is 0 Å². The van der Waals surface area contributed by atoms with Crippen LogP contribution in [0.2, 0.25) is 0 Å². The molecule has 1 N–H and O–H groups in total. The maximum Gasteiger partial charge on any atom is 0.266 e. The Morgan fingerprint density at radius 2 is 1.87 bits per heavy atom. The Labute approximate surface area is 203 Å². The summed E-state index contributed by atoms with van der Waals surface area (Å²) < 4.78 is 13.2. The van der Waals surface area contributed by atoms with E-state index in [1.54, 1.807) is 25.3 Å². The van der Waals surface area contributed by atoms with Crippen LogP contribution in [0, 0.1) is 14.9 Å². The third kappa shape index (κ3) is 6.32. The number of amides is 1. The zero-order valence-electron chi connectivity index (χ0n) is 16.6. The Balaban J connectivity index is 1.81. The number of hydrogen-bond acceptors (Lipinski definition) is 4. The second-order valence-corrected chi connectivity index (χ2v) is 8.52. The fourth-order valence-corrected chi connectivity index (χ4v) is 3.79. The predicted octanol–water partition coefficient (Wildman–Crippen LogP) is 6.19. The highest BCUT2D eigenvalue weighted by Crippen LogP contribution is 2.35. The monoisotopic (exact) mass is 588 g/mol. The Kier molecular flexibility index (Phi) is 8.09. The van der Waals surface area contributed by atoms with E-state index in [4.69, 9.17) is 9.47 Å². The number of anilines is 1. The van der Waals surface area contributed by atoms with Crippen LogP contribution in [-0.4, -0.2) is 13.0 Å². The third-order valence-corrected chi connectivity index (χ3v) is 5.59. The fraction of sp³-hybridized carbons (Fsp3) is 0.0833. The van der Waals surface area contributed by atoms with Crippen LogP contribution in [-0.2, 0) is 11.4 Å². The van der Waals surface area contributed by atoms with Crippen molar-refractivity contribution in [2.45, 2.75) is 6.61 Å². The zero-order chi connectivity index (χ0) is 22.2. The molecule has 0 radical (unpaired) electrons. The second-order valence-electron chi connectivity index (χ2n) is 6.44. The van der Waals surface area contributed by atoms with Gasteiger partial charge >= 0.3 is 0 Å². The van der Waals surface area contributed by atoms with E-state index in [1.807, 2.05) is 54.6 Å². The minimum Gasteiger partial charge on any atom is -0.493 e. The lowest BCUT2D eigenvalue weighted by molar-refractivity contribution is -0.112. The van der Waals surface area contributed by atoms with E-state index in [2.05, 4.69) is 43.8 Å². The van der Waals surface area contributed by atoms with Crippen molar-refractivity contribution in [1.29, 1.82) is 5.26 Å². The van der Waals surface area contributed by atoms with Gasteiger partial charge in [-0.05, 0) is 76.2 Å². The molecule has 0 spiro atoms. The topological polar surface area (TPSA) is 71.3 Å². The van der Waals surface area contributed by atoms with Crippen molar-refractivity contribution in [2.75, 3.05) is 12.4 Å². The third-order valence-electron chi connectivity index (χ3n) is 4.26. The molecule has 0 heterocycles. The van der Waals surface area contributed by atoms with E-state index in [0.29, 0.717) is 29.4 Å². The van der Waals surface area contributed by atoms with E-state index >= 15 is 0 Å². The normalized spacial score (nSPS) is 10.8.